The molecule has 3 aromatic rings. The minimum atomic E-state index is -3.86. The molecule has 1 atom stereocenters. The lowest BCUT2D eigenvalue weighted by Crippen LogP contribution is -2.42. The van der Waals surface area contributed by atoms with Gasteiger partial charge in [-0.05, 0) is 58.5 Å². The molecule has 2 heterocycles. The molecular weight excluding hydrogens is 434 g/mol. The Morgan fingerprint density at radius 2 is 2.00 bits per heavy atom. The first kappa shape index (κ1) is 21.3. The second kappa shape index (κ2) is 8.30. The standard InChI is InChI=1S/C22H21N3O4S2/c1-24(21-7-8-25(22(21)26)13-15-9-19(12-23)30-14-15)31(27,28)20-6-4-16-3-5-18(29-2)10-17(16)11-20/h3-6,9-11,14,21H,7-8,13H2,1-2H3/t21-/m0/s1. The van der Waals surface area contributed by atoms with Gasteiger partial charge in [0, 0.05) is 20.1 Å². The lowest BCUT2D eigenvalue weighted by Gasteiger charge is -2.23. The predicted octanol–water partition coefficient (Wildman–Crippen LogP) is 3.20. The Bertz CT molecular complexity index is 1290. The summed E-state index contributed by atoms with van der Waals surface area (Å²) in [5.41, 5.74) is 0.879. The van der Waals surface area contributed by atoms with E-state index in [0.717, 1.165) is 16.3 Å². The smallest absolute Gasteiger partial charge is 0.243 e. The molecule has 4 rings (SSSR count). The number of amides is 1. The van der Waals surface area contributed by atoms with Crippen LogP contribution in [0.2, 0.25) is 0 Å². The summed E-state index contributed by atoms with van der Waals surface area (Å²) in [4.78, 5) is 15.3. The molecule has 7 nitrogen and oxygen atoms in total. The third kappa shape index (κ3) is 4.02. The van der Waals surface area contributed by atoms with Crippen LogP contribution < -0.4 is 4.74 Å². The number of thiophene rings is 1. The van der Waals surface area contributed by atoms with Crippen molar-refractivity contribution in [2.45, 2.75) is 23.9 Å². The van der Waals surface area contributed by atoms with E-state index in [9.17, 15) is 13.2 Å². The Morgan fingerprint density at radius 3 is 2.71 bits per heavy atom. The first-order valence-electron chi connectivity index (χ1n) is 9.65. The maximum Gasteiger partial charge on any atom is 0.243 e. The number of ether oxygens (including phenoxy) is 1. The number of carbonyl (C=O) groups excluding carboxylic acids is 1. The van der Waals surface area contributed by atoms with Crippen molar-refractivity contribution in [1.82, 2.24) is 9.21 Å². The Balaban J connectivity index is 1.55. The molecule has 0 saturated carbocycles. The van der Waals surface area contributed by atoms with Crippen molar-refractivity contribution in [1.29, 1.82) is 5.26 Å². The summed E-state index contributed by atoms with van der Waals surface area (Å²) < 4.78 is 32.9. The highest BCUT2D eigenvalue weighted by Gasteiger charge is 2.39. The zero-order valence-corrected chi connectivity index (χ0v) is 18.7. The summed E-state index contributed by atoms with van der Waals surface area (Å²) in [6.07, 6.45) is 0.422. The number of carbonyl (C=O) groups is 1. The van der Waals surface area contributed by atoms with E-state index in [-0.39, 0.29) is 10.8 Å². The summed E-state index contributed by atoms with van der Waals surface area (Å²) in [6.45, 7) is 0.840. The van der Waals surface area contributed by atoms with Crippen molar-refractivity contribution in [2.24, 2.45) is 0 Å². The largest absolute Gasteiger partial charge is 0.497 e. The van der Waals surface area contributed by atoms with Gasteiger partial charge in [-0.15, -0.1) is 11.3 Å². The van der Waals surface area contributed by atoms with Crippen LogP contribution in [0.25, 0.3) is 10.8 Å². The van der Waals surface area contributed by atoms with Gasteiger partial charge in [0.1, 0.15) is 22.7 Å². The quantitative estimate of drug-likeness (QED) is 0.569. The van der Waals surface area contributed by atoms with Crippen LogP contribution in [-0.2, 0) is 21.4 Å². The average Bonchev–Trinajstić information content (AvgIpc) is 3.39. The number of likely N-dealkylation sites (tertiary alicyclic amines) is 1. The number of fused-ring (bicyclic) bond motifs is 1. The average molecular weight is 456 g/mol. The summed E-state index contributed by atoms with van der Waals surface area (Å²) >= 11 is 1.33. The molecule has 1 aromatic heterocycles. The highest BCUT2D eigenvalue weighted by atomic mass is 32.2. The molecule has 1 amide bonds. The van der Waals surface area contributed by atoms with Crippen molar-refractivity contribution >= 4 is 38.0 Å². The summed E-state index contributed by atoms with van der Waals surface area (Å²) in [5, 5.41) is 12.5. The van der Waals surface area contributed by atoms with Crippen molar-refractivity contribution in [3.8, 4) is 11.8 Å². The van der Waals surface area contributed by atoms with Gasteiger partial charge in [-0.2, -0.15) is 9.57 Å². The van der Waals surface area contributed by atoms with Crippen LogP contribution in [-0.4, -0.2) is 50.3 Å². The molecule has 0 unspecified atom stereocenters. The topological polar surface area (TPSA) is 90.7 Å². The summed E-state index contributed by atoms with van der Waals surface area (Å²) in [6, 6.07) is 13.5. The number of methoxy groups -OCH3 is 1. The number of nitriles is 1. The van der Waals surface area contributed by atoms with E-state index in [1.165, 1.54) is 22.7 Å². The van der Waals surface area contributed by atoms with E-state index >= 15 is 0 Å². The first-order valence-corrected chi connectivity index (χ1v) is 12.0. The van der Waals surface area contributed by atoms with Gasteiger partial charge in [0.2, 0.25) is 15.9 Å². The number of benzene rings is 2. The van der Waals surface area contributed by atoms with Crippen LogP contribution in [0.4, 0.5) is 0 Å². The third-order valence-corrected chi connectivity index (χ3v) is 8.29. The molecule has 0 N–H and O–H groups in total. The normalized spacial score (nSPS) is 16.8. The molecule has 0 bridgehead atoms. The fraction of sp³-hybridized carbons (Fsp3) is 0.273. The molecule has 160 valence electrons. The molecule has 1 aliphatic heterocycles. The molecule has 31 heavy (non-hydrogen) atoms. The van der Waals surface area contributed by atoms with Crippen LogP contribution in [0, 0.1) is 11.3 Å². The number of hydrogen-bond acceptors (Lipinski definition) is 6. The molecule has 1 aliphatic rings. The number of likely N-dealkylation sites (N-methyl/N-ethyl adjacent to an activating group) is 1. The molecule has 0 radical (unpaired) electrons. The molecule has 0 aliphatic carbocycles. The maximum absolute atomic E-state index is 13.3. The van der Waals surface area contributed by atoms with Crippen LogP contribution in [0.3, 0.4) is 0 Å². The fourth-order valence-electron chi connectivity index (χ4n) is 3.78. The first-order chi connectivity index (χ1) is 14.8. The molecule has 1 saturated heterocycles. The monoisotopic (exact) mass is 455 g/mol. The zero-order chi connectivity index (χ0) is 22.2. The molecule has 0 spiro atoms. The Morgan fingerprint density at radius 1 is 1.23 bits per heavy atom. The van der Waals surface area contributed by atoms with Crippen LogP contribution in [0.5, 0.6) is 5.75 Å². The Labute approximate surface area is 185 Å². The van der Waals surface area contributed by atoms with Crippen LogP contribution >= 0.6 is 11.3 Å². The number of sulfonamides is 1. The van der Waals surface area contributed by atoms with Crippen LogP contribution in [0.15, 0.2) is 52.7 Å². The zero-order valence-electron chi connectivity index (χ0n) is 17.1. The number of nitrogens with zero attached hydrogens (tertiary/aromatic N) is 3. The highest BCUT2D eigenvalue weighted by molar-refractivity contribution is 7.89. The van der Waals surface area contributed by atoms with Crippen molar-refractivity contribution < 1.29 is 17.9 Å². The van der Waals surface area contributed by atoms with Gasteiger partial charge in [0.25, 0.3) is 0 Å². The van der Waals surface area contributed by atoms with E-state index in [1.807, 2.05) is 17.5 Å². The number of hydrogen-bond donors (Lipinski definition) is 0. The minimum Gasteiger partial charge on any atom is -0.497 e. The van der Waals surface area contributed by atoms with Gasteiger partial charge in [0.05, 0.1) is 12.0 Å². The maximum atomic E-state index is 13.3. The van der Waals surface area contributed by atoms with Gasteiger partial charge < -0.3 is 9.64 Å². The van der Waals surface area contributed by atoms with E-state index in [2.05, 4.69) is 6.07 Å². The van der Waals surface area contributed by atoms with Gasteiger partial charge in [-0.1, -0.05) is 12.1 Å². The van der Waals surface area contributed by atoms with Gasteiger partial charge in [-0.25, -0.2) is 8.42 Å². The van der Waals surface area contributed by atoms with E-state index in [4.69, 9.17) is 10.00 Å². The molecule has 1 fully saturated rings. The molecular formula is C22H21N3O4S2. The number of rotatable bonds is 6. The summed E-state index contributed by atoms with van der Waals surface area (Å²) in [5.74, 6) is 0.420. The van der Waals surface area contributed by atoms with Gasteiger partial charge >= 0.3 is 0 Å². The molecule has 2 aromatic carbocycles. The highest BCUT2D eigenvalue weighted by Crippen LogP contribution is 2.28. The van der Waals surface area contributed by atoms with Gasteiger partial charge in [0.15, 0.2) is 0 Å². The Kier molecular flexibility index (Phi) is 5.71. The van der Waals surface area contributed by atoms with E-state index in [0.29, 0.717) is 30.1 Å². The fourth-order valence-corrected chi connectivity index (χ4v) is 5.85. The van der Waals surface area contributed by atoms with E-state index < -0.39 is 16.1 Å². The van der Waals surface area contributed by atoms with Crippen LogP contribution in [0.1, 0.15) is 16.9 Å². The second-order valence-electron chi connectivity index (χ2n) is 7.39. The third-order valence-electron chi connectivity index (χ3n) is 5.54. The Hall–Kier alpha value is -2.93. The molecule has 9 heteroatoms. The summed E-state index contributed by atoms with van der Waals surface area (Å²) in [7, 11) is -0.845. The van der Waals surface area contributed by atoms with Crippen molar-refractivity contribution in [2.75, 3.05) is 20.7 Å². The minimum absolute atomic E-state index is 0.137. The van der Waals surface area contributed by atoms with Crippen molar-refractivity contribution in [3.63, 3.8) is 0 Å². The SMILES string of the molecule is COc1ccc2ccc(S(=O)(=O)N(C)[C@H]3CCN(Cc4csc(C#N)c4)C3=O)cc2c1. The lowest BCUT2D eigenvalue weighted by atomic mass is 10.1. The van der Waals surface area contributed by atoms with Gasteiger partial charge in [-0.3, -0.25) is 4.79 Å². The second-order valence-corrected chi connectivity index (χ2v) is 10.3. The predicted molar refractivity (Wildman–Crippen MR) is 118 cm³/mol. The van der Waals surface area contributed by atoms with E-state index in [1.54, 1.807) is 42.3 Å². The van der Waals surface area contributed by atoms with Crippen molar-refractivity contribution in [3.05, 3.63) is 58.3 Å². The lowest BCUT2D eigenvalue weighted by molar-refractivity contribution is -0.131.